The van der Waals surface area contributed by atoms with Crippen molar-refractivity contribution in [3.8, 4) is 138 Å². The van der Waals surface area contributed by atoms with E-state index < -0.39 is 0 Å². The summed E-state index contributed by atoms with van der Waals surface area (Å²) in [5.41, 5.74) is 21.1. The molecule has 150 heavy (non-hydrogen) atoms. The topological polar surface area (TPSA) is 234 Å². The largest absolute Gasteiger partial charge is 0.454 e. The molecule has 2 unspecified atom stereocenters. The van der Waals surface area contributed by atoms with Gasteiger partial charge in [0.25, 0.3) is 0 Å². The second kappa shape index (κ2) is 43.6. The second-order valence-electron chi connectivity index (χ2n) is 38.6. The summed E-state index contributed by atoms with van der Waals surface area (Å²) in [6.45, 7) is 3.81. The zero-order chi connectivity index (χ0) is 99.8. The van der Waals surface area contributed by atoms with E-state index in [0.717, 1.165) is 212 Å². The van der Waals surface area contributed by atoms with Gasteiger partial charge in [0.15, 0.2) is 138 Å². The molecule has 0 N–H and O–H groups in total. The number of benzene rings is 13. The van der Waals surface area contributed by atoms with Gasteiger partial charge in [0.1, 0.15) is 0 Å². The molecule has 2 fully saturated rings. The molecule has 0 amide bonds. The zero-order valence-electron chi connectivity index (χ0n) is 82.3. The molecule has 0 saturated heterocycles. The fraction of sp³-hybridized carbons (Fsp3) is 0.260. The number of nitrogens with zero attached hydrogens (tertiary/aromatic N) is 1. The van der Waals surface area contributed by atoms with Gasteiger partial charge in [-0.1, -0.05) is 116 Å². The van der Waals surface area contributed by atoms with E-state index in [1.807, 2.05) is 108 Å². The summed E-state index contributed by atoms with van der Waals surface area (Å²) < 4.78 is 131. The third-order valence-electron chi connectivity index (χ3n) is 28.9. The van der Waals surface area contributed by atoms with E-state index in [1.54, 1.807) is 11.3 Å². The first-order chi connectivity index (χ1) is 74.1. The first kappa shape index (κ1) is 94.6. The molecular formula is C123H107NO24S2. The number of aromatic nitrogens is 1. The summed E-state index contributed by atoms with van der Waals surface area (Å²) in [5.74, 6) is 22.5. The van der Waals surface area contributed by atoms with E-state index in [9.17, 15) is 0 Å². The SMILES string of the molecule is c1cc(Cc2ccc3c(c2)OCO3)c(Cc2ccc3c(c2)OCO3)s1.c1cc(Cc2ccc3c(c2)OCO3)ccc1Cc1ccc2c(c1)OCO2.c1cc(Cc2ccc3c(c2)OCO3)nc(Cc2ccc3c(c2)OCO3)c1.c1cc2c(cc1C1CCC(c3ccc4c(c3)OCO4)CC1)OCO2.c1cc2c(cc1C1CCCCC1c1ccc3c(c1)OCO3)OCO2.c1cc2c(cc1Cc1ccc(Cc3ccc4c(c3)OCO4)s1)OCO2. The monoisotopic (exact) mass is 2050 g/mol. The van der Waals surface area contributed by atoms with Crippen LogP contribution >= 0.6 is 22.7 Å². The summed E-state index contributed by atoms with van der Waals surface area (Å²) in [5, 5.41) is 2.16. The van der Waals surface area contributed by atoms with Gasteiger partial charge in [-0.3, -0.25) is 4.98 Å². The Morgan fingerprint density at radius 2 is 0.427 bits per heavy atom. The molecule has 13 aromatic carbocycles. The predicted octanol–water partition coefficient (Wildman–Crippen LogP) is 26.0. The van der Waals surface area contributed by atoms with Gasteiger partial charge >= 0.3 is 0 Å². The van der Waals surface area contributed by atoms with Crippen molar-refractivity contribution in [1.82, 2.24) is 4.98 Å². The van der Waals surface area contributed by atoms with E-state index in [2.05, 4.69) is 187 Å². The van der Waals surface area contributed by atoms with Crippen LogP contribution in [-0.4, -0.2) is 86.5 Å². The van der Waals surface area contributed by atoms with Crippen molar-refractivity contribution in [2.75, 3.05) is 81.5 Å². The van der Waals surface area contributed by atoms with Crippen molar-refractivity contribution in [2.45, 2.75) is 126 Å². The third kappa shape index (κ3) is 22.0. The summed E-state index contributed by atoms with van der Waals surface area (Å²) in [6, 6.07) is 96.1. The van der Waals surface area contributed by atoms with Gasteiger partial charge < -0.3 is 114 Å². The number of fused-ring (bicyclic) bond motifs is 12. The highest BCUT2D eigenvalue weighted by Gasteiger charge is 2.34. The Hall–Kier alpha value is -16.4. The average Bonchev–Trinajstić information content (AvgIpc) is 0.952. The molecule has 0 bridgehead atoms. The number of pyridine rings is 1. The molecule has 2 atom stereocenters. The molecule has 30 rings (SSSR count). The standard InChI is InChI=1S/C22H18O4.C21H17NO4.2C20H16O4S.2C20H20O4/c1-2-16(10-18-6-8-20-22(12-18)26-14-24-20)4-3-15(1)9-17-5-7-19-21(11-17)25-13-23-19;1-2-16(8-14-4-6-18-20(10-14)25-12-23-18)22-17(3-1)9-15-5-7-19-21(11-15)26-13-24-19;1-5-17-19(23-11-21-17)9-13(1)7-15-3-4-16(25-15)8-14-2-6-18-20(10-14)24-12-22-18;1-3-16-18(23-11-21-16)8-13(1)7-15-5-6-25-20(15)10-14-2-4-17-19(9-14)24-12-22-17;1-2-14(16-6-8-18-20(10-16)24-12-22-18)4-3-13(1)15-5-7-17-19(9-15)23-11-21-17;1-2-4-16(14-6-8-18-20(10-14)24-12-22-18)15(3-1)13-5-7-17-19(9-13)23-11-21-17/h1-8,11-12H,9-10,13-14H2;1-7,10-11H,8-9,12-13H2;1-6,9-10H,7-8,11-12H2;1-6,8-9H,7,10-12H2;5-10,13-14H,1-4,11-12H2;5-10,15-16H,1-4,11-12H2. The van der Waals surface area contributed by atoms with Crippen molar-refractivity contribution < 1.29 is 114 Å². The molecule has 27 heteroatoms. The van der Waals surface area contributed by atoms with Crippen molar-refractivity contribution in [1.29, 1.82) is 0 Å². The molecule has 3 aromatic heterocycles. The van der Waals surface area contributed by atoms with Crippen LogP contribution in [0.25, 0.3) is 0 Å². The lowest BCUT2D eigenvalue weighted by Crippen LogP contribution is -2.16. The maximum Gasteiger partial charge on any atom is 0.231 e. The molecule has 12 aliphatic heterocycles. The van der Waals surface area contributed by atoms with Crippen LogP contribution in [0, 0.1) is 0 Å². The lowest BCUT2D eigenvalue weighted by atomic mass is 9.72. The van der Waals surface area contributed by atoms with Gasteiger partial charge in [-0.05, 0) is 346 Å². The van der Waals surface area contributed by atoms with Crippen LogP contribution in [0.1, 0.15) is 185 Å². The lowest BCUT2D eigenvalue weighted by Gasteiger charge is -2.32. The summed E-state index contributed by atoms with van der Waals surface area (Å²) in [4.78, 5) is 8.86. The van der Waals surface area contributed by atoms with E-state index in [0.29, 0.717) is 105 Å². The summed E-state index contributed by atoms with van der Waals surface area (Å²) in [7, 11) is 0. The normalized spacial score (nSPS) is 17.2. The van der Waals surface area contributed by atoms with E-state index in [-0.39, 0.29) is 0 Å². The molecule has 0 spiro atoms. The van der Waals surface area contributed by atoms with Crippen LogP contribution in [-0.2, 0) is 51.4 Å². The molecule has 15 heterocycles. The quantitative estimate of drug-likeness (QED) is 0.0689. The molecule has 25 nitrogen and oxygen atoms in total. The maximum atomic E-state index is 5.57. The van der Waals surface area contributed by atoms with E-state index in [1.165, 1.54) is 138 Å². The van der Waals surface area contributed by atoms with Crippen molar-refractivity contribution >= 4 is 22.7 Å². The zero-order valence-corrected chi connectivity index (χ0v) is 83.9. The minimum absolute atomic E-state index is 0.294. The Morgan fingerprint density at radius 1 is 0.193 bits per heavy atom. The fourth-order valence-corrected chi connectivity index (χ4v) is 23.2. The van der Waals surface area contributed by atoms with Crippen molar-refractivity contribution in [3.05, 3.63) is 394 Å². The van der Waals surface area contributed by atoms with Crippen LogP contribution in [0.5, 0.6) is 138 Å². The highest BCUT2D eigenvalue weighted by atomic mass is 32.1. The van der Waals surface area contributed by atoms with Crippen LogP contribution in [0.3, 0.4) is 0 Å². The molecule has 16 aromatic rings. The van der Waals surface area contributed by atoms with Crippen LogP contribution in [0.15, 0.2) is 284 Å². The number of hydrogen-bond acceptors (Lipinski definition) is 27. The smallest absolute Gasteiger partial charge is 0.231 e. The maximum absolute atomic E-state index is 5.57. The predicted molar refractivity (Wildman–Crippen MR) is 560 cm³/mol. The number of ether oxygens (including phenoxy) is 24. The Kier molecular flexibility index (Phi) is 27.5. The van der Waals surface area contributed by atoms with E-state index in [4.69, 9.17) is 119 Å². The second-order valence-corrected chi connectivity index (χ2v) is 40.8. The number of rotatable bonds is 20. The van der Waals surface area contributed by atoms with Crippen LogP contribution in [0.4, 0.5) is 0 Å². The molecule has 14 aliphatic rings. The Bertz CT molecular complexity index is 7170. The molecular weight excluding hydrogens is 1940 g/mol. The third-order valence-corrected chi connectivity index (χ3v) is 31.0. The first-order valence-electron chi connectivity index (χ1n) is 50.9. The van der Waals surface area contributed by atoms with Crippen LogP contribution < -0.4 is 114 Å². The summed E-state index contributed by atoms with van der Waals surface area (Å²) >= 11 is 3.64. The number of thiophene rings is 2. The molecule has 760 valence electrons. The Labute approximate surface area is 875 Å². The van der Waals surface area contributed by atoms with Crippen molar-refractivity contribution in [3.63, 3.8) is 0 Å². The van der Waals surface area contributed by atoms with Crippen molar-refractivity contribution in [2.24, 2.45) is 0 Å². The first-order valence-corrected chi connectivity index (χ1v) is 52.6. The summed E-state index contributed by atoms with van der Waals surface area (Å²) in [6.07, 6.45) is 16.7. The van der Waals surface area contributed by atoms with Gasteiger partial charge in [-0.25, -0.2) is 0 Å². The Morgan fingerprint density at radius 3 is 0.727 bits per heavy atom. The highest BCUT2D eigenvalue weighted by Crippen LogP contribution is 2.52. The lowest BCUT2D eigenvalue weighted by molar-refractivity contribution is 0.173. The molecule has 0 radical (unpaired) electrons. The van der Waals surface area contributed by atoms with Gasteiger partial charge in [-0.15, -0.1) is 22.7 Å². The Balaban J connectivity index is 0.0000000932. The fourth-order valence-electron chi connectivity index (χ4n) is 21.2. The van der Waals surface area contributed by atoms with Gasteiger partial charge in [-0.2, -0.15) is 0 Å². The van der Waals surface area contributed by atoms with Gasteiger partial charge in [0, 0.05) is 58.1 Å². The molecule has 2 saturated carbocycles. The highest BCUT2D eigenvalue weighted by molar-refractivity contribution is 7.12. The van der Waals surface area contributed by atoms with Gasteiger partial charge in [0.05, 0.1) is 0 Å². The molecule has 2 aliphatic carbocycles. The number of hydrogen-bond donors (Lipinski definition) is 0. The van der Waals surface area contributed by atoms with Crippen LogP contribution in [0.2, 0.25) is 0 Å². The average molecular weight is 2050 g/mol. The minimum Gasteiger partial charge on any atom is -0.454 e. The minimum atomic E-state index is 0.294. The van der Waals surface area contributed by atoms with Gasteiger partial charge in [0.2, 0.25) is 81.5 Å². The van der Waals surface area contributed by atoms with E-state index >= 15 is 0 Å².